The Kier molecular flexibility index (Phi) is 6.77. The second kappa shape index (κ2) is 8.98. The van der Waals surface area contributed by atoms with Gasteiger partial charge in [0.1, 0.15) is 5.75 Å². The molecule has 1 saturated carbocycles. The third kappa shape index (κ3) is 4.98. The summed E-state index contributed by atoms with van der Waals surface area (Å²) >= 11 is 3.35. The minimum Gasteiger partial charge on any atom is -0.496 e. The molecule has 30 heavy (non-hydrogen) atoms. The fraction of sp³-hybridized carbons (Fsp3) is 0.409. The van der Waals surface area contributed by atoms with Gasteiger partial charge in [0.15, 0.2) is 0 Å². The predicted octanol–water partition coefficient (Wildman–Crippen LogP) is 4.91. The number of amides is 1. The highest BCUT2D eigenvalue weighted by molar-refractivity contribution is 9.10. The maximum absolute atomic E-state index is 13.2. The molecule has 1 atom stereocenters. The molecule has 8 heteroatoms. The van der Waals surface area contributed by atoms with E-state index < -0.39 is 10.0 Å². The molecule has 1 unspecified atom stereocenters. The van der Waals surface area contributed by atoms with Gasteiger partial charge in [-0.05, 0) is 78.0 Å². The highest BCUT2D eigenvalue weighted by atomic mass is 79.9. The Morgan fingerprint density at radius 1 is 1.17 bits per heavy atom. The summed E-state index contributed by atoms with van der Waals surface area (Å²) in [6.45, 7) is 6.22. The Balaban J connectivity index is 1.86. The molecule has 2 aromatic rings. The number of rotatable bonds is 8. The number of nitrogens with one attached hydrogen (secondary N) is 1. The van der Waals surface area contributed by atoms with Crippen molar-refractivity contribution in [3.05, 3.63) is 52.5 Å². The van der Waals surface area contributed by atoms with Crippen LogP contribution in [0.4, 0.5) is 5.69 Å². The van der Waals surface area contributed by atoms with Crippen LogP contribution in [0.15, 0.2) is 51.8 Å². The quantitative estimate of drug-likeness (QED) is 0.565. The standard InChI is InChI=1S/C22H27BrN2O4S/c1-14(2)15(3)25(18-9-10-18)22(26)16-6-5-7-19(12-16)30(27,28)24-17-8-11-21(29-4)20(23)13-17/h5-8,11-15,18,24H,9-10H2,1-4H3. The number of carbonyl (C=O) groups is 1. The summed E-state index contributed by atoms with van der Waals surface area (Å²) < 4.78 is 34.2. The van der Waals surface area contributed by atoms with Crippen molar-refractivity contribution in [2.24, 2.45) is 5.92 Å². The van der Waals surface area contributed by atoms with Gasteiger partial charge < -0.3 is 9.64 Å². The molecule has 0 radical (unpaired) electrons. The Morgan fingerprint density at radius 3 is 2.43 bits per heavy atom. The molecule has 0 aromatic heterocycles. The van der Waals surface area contributed by atoms with Crippen LogP contribution >= 0.6 is 15.9 Å². The molecule has 1 aliphatic rings. The van der Waals surface area contributed by atoms with E-state index in [2.05, 4.69) is 34.5 Å². The summed E-state index contributed by atoms with van der Waals surface area (Å²) in [4.78, 5) is 15.2. The Bertz CT molecular complexity index is 1040. The van der Waals surface area contributed by atoms with Gasteiger partial charge in [-0.15, -0.1) is 0 Å². The van der Waals surface area contributed by atoms with Crippen LogP contribution in [-0.2, 0) is 10.0 Å². The summed E-state index contributed by atoms with van der Waals surface area (Å²) in [5, 5.41) is 0. The summed E-state index contributed by atoms with van der Waals surface area (Å²) in [5.41, 5.74) is 0.778. The fourth-order valence-corrected chi connectivity index (χ4v) is 4.88. The molecule has 1 aliphatic carbocycles. The fourth-order valence-electron chi connectivity index (χ4n) is 3.25. The van der Waals surface area contributed by atoms with E-state index in [-0.39, 0.29) is 22.9 Å². The van der Waals surface area contributed by atoms with E-state index in [4.69, 9.17) is 4.74 Å². The van der Waals surface area contributed by atoms with E-state index in [0.717, 1.165) is 12.8 Å². The third-order valence-electron chi connectivity index (χ3n) is 5.37. The molecule has 0 bridgehead atoms. The van der Waals surface area contributed by atoms with Crippen LogP contribution in [0.25, 0.3) is 0 Å². The van der Waals surface area contributed by atoms with Crippen LogP contribution in [0.3, 0.4) is 0 Å². The second-order valence-corrected chi connectivity index (χ2v) is 10.4. The van der Waals surface area contributed by atoms with Gasteiger partial charge in [0, 0.05) is 17.6 Å². The number of carbonyl (C=O) groups excluding carboxylic acids is 1. The minimum absolute atomic E-state index is 0.0493. The highest BCUT2D eigenvalue weighted by Gasteiger charge is 2.37. The summed E-state index contributed by atoms with van der Waals surface area (Å²) in [6.07, 6.45) is 1.99. The first-order chi connectivity index (χ1) is 14.1. The lowest BCUT2D eigenvalue weighted by molar-refractivity contribution is 0.0627. The van der Waals surface area contributed by atoms with Crippen LogP contribution in [0, 0.1) is 5.92 Å². The number of methoxy groups -OCH3 is 1. The molecule has 0 saturated heterocycles. The first kappa shape index (κ1) is 22.6. The lowest BCUT2D eigenvalue weighted by Gasteiger charge is -2.32. The van der Waals surface area contributed by atoms with Crippen LogP contribution in [0.5, 0.6) is 5.75 Å². The molecule has 2 aromatic carbocycles. The van der Waals surface area contributed by atoms with Crippen LogP contribution < -0.4 is 9.46 Å². The first-order valence-electron chi connectivity index (χ1n) is 9.93. The molecule has 1 N–H and O–H groups in total. The molecular weight excluding hydrogens is 468 g/mol. The molecule has 1 fully saturated rings. The number of hydrogen-bond donors (Lipinski definition) is 1. The largest absolute Gasteiger partial charge is 0.496 e. The maximum atomic E-state index is 13.2. The highest BCUT2D eigenvalue weighted by Crippen LogP contribution is 2.33. The molecule has 1 amide bonds. The number of benzene rings is 2. The number of ether oxygens (including phenoxy) is 1. The lowest BCUT2D eigenvalue weighted by atomic mass is 10.0. The van der Waals surface area contributed by atoms with Crippen molar-refractivity contribution in [2.75, 3.05) is 11.8 Å². The lowest BCUT2D eigenvalue weighted by Crippen LogP contribution is -2.43. The van der Waals surface area contributed by atoms with Crippen molar-refractivity contribution in [3.63, 3.8) is 0 Å². The van der Waals surface area contributed by atoms with Gasteiger partial charge in [-0.25, -0.2) is 8.42 Å². The Labute approximate surface area is 186 Å². The predicted molar refractivity (Wildman–Crippen MR) is 121 cm³/mol. The first-order valence-corrected chi connectivity index (χ1v) is 12.2. The number of halogens is 1. The van der Waals surface area contributed by atoms with Crippen LogP contribution in [-0.4, -0.2) is 38.4 Å². The van der Waals surface area contributed by atoms with E-state index in [1.807, 2.05) is 11.8 Å². The van der Waals surface area contributed by atoms with Gasteiger partial charge in [0.25, 0.3) is 15.9 Å². The monoisotopic (exact) mass is 494 g/mol. The number of nitrogens with zero attached hydrogens (tertiary/aromatic N) is 1. The number of hydrogen-bond acceptors (Lipinski definition) is 4. The average molecular weight is 495 g/mol. The van der Waals surface area contributed by atoms with Crippen molar-refractivity contribution in [1.82, 2.24) is 4.90 Å². The van der Waals surface area contributed by atoms with Crippen molar-refractivity contribution in [1.29, 1.82) is 0 Å². The van der Waals surface area contributed by atoms with E-state index in [1.165, 1.54) is 19.2 Å². The maximum Gasteiger partial charge on any atom is 0.261 e. The summed E-state index contributed by atoms with van der Waals surface area (Å²) in [7, 11) is -2.32. The zero-order chi connectivity index (χ0) is 22.1. The topological polar surface area (TPSA) is 75.7 Å². The van der Waals surface area contributed by atoms with Gasteiger partial charge in [-0.3, -0.25) is 9.52 Å². The molecular formula is C22H27BrN2O4S. The Hall–Kier alpha value is -2.06. The van der Waals surface area contributed by atoms with Gasteiger partial charge >= 0.3 is 0 Å². The minimum atomic E-state index is -3.85. The molecule has 0 spiro atoms. The third-order valence-corrected chi connectivity index (χ3v) is 7.37. The van der Waals surface area contributed by atoms with Gasteiger partial charge in [-0.1, -0.05) is 19.9 Å². The van der Waals surface area contributed by atoms with E-state index in [9.17, 15) is 13.2 Å². The normalized spacial score (nSPS) is 15.0. The van der Waals surface area contributed by atoms with E-state index >= 15 is 0 Å². The molecule has 0 aliphatic heterocycles. The van der Waals surface area contributed by atoms with Crippen LogP contribution in [0.2, 0.25) is 0 Å². The van der Waals surface area contributed by atoms with Crippen molar-refractivity contribution >= 4 is 37.5 Å². The van der Waals surface area contributed by atoms with Gasteiger partial charge in [0.05, 0.1) is 22.2 Å². The van der Waals surface area contributed by atoms with Crippen LogP contribution in [0.1, 0.15) is 44.0 Å². The smallest absolute Gasteiger partial charge is 0.261 e. The van der Waals surface area contributed by atoms with Crippen molar-refractivity contribution in [2.45, 2.75) is 50.6 Å². The van der Waals surface area contributed by atoms with Crippen molar-refractivity contribution in [3.8, 4) is 5.75 Å². The number of sulfonamides is 1. The number of anilines is 1. The summed E-state index contributed by atoms with van der Waals surface area (Å²) in [6, 6.07) is 11.5. The SMILES string of the molecule is COc1ccc(NS(=O)(=O)c2cccc(C(=O)N(C3CC3)C(C)C(C)C)c2)cc1Br. The van der Waals surface area contributed by atoms with Gasteiger partial charge in [-0.2, -0.15) is 0 Å². The zero-order valence-electron chi connectivity index (χ0n) is 17.6. The molecule has 162 valence electrons. The summed E-state index contributed by atoms with van der Waals surface area (Å²) in [5.74, 6) is 0.796. The van der Waals surface area contributed by atoms with Crippen molar-refractivity contribution < 1.29 is 17.9 Å². The average Bonchev–Trinajstić information content (AvgIpc) is 3.53. The molecule has 6 nitrogen and oxygen atoms in total. The molecule has 3 rings (SSSR count). The Morgan fingerprint density at radius 2 is 1.87 bits per heavy atom. The van der Waals surface area contributed by atoms with Gasteiger partial charge in [0.2, 0.25) is 0 Å². The second-order valence-electron chi connectivity index (χ2n) is 7.91. The zero-order valence-corrected chi connectivity index (χ0v) is 20.0. The van der Waals surface area contributed by atoms with E-state index in [0.29, 0.717) is 27.4 Å². The molecule has 0 heterocycles. The van der Waals surface area contributed by atoms with E-state index in [1.54, 1.807) is 30.3 Å².